The van der Waals surface area contributed by atoms with E-state index in [0.717, 1.165) is 52.5 Å². The highest BCUT2D eigenvalue weighted by molar-refractivity contribution is 6.03. The summed E-state index contributed by atoms with van der Waals surface area (Å²) in [4.78, 5) is 18.6. The first-order valence-corrected chi connectivity index (χ1v) is 13.0. The van der Waals surface area contributed by atoms with Crippen LogP contribution in [0.15, 0.2) is 73.4 Å². The molecule has 0 unspecified atom stereocenters. The molecule has 2 bridgehead atoms. The van der Waals surface area contributed by atoms with Gasteiger partial charge in [-0.05, 0) is 55.4 Å². The zero-order chi connectivity index (χ0) is 26.1. The van der Waals surface area contributed by atoms with Crippen molar-refractivity contribution in [2.45, 2.75) is 18.5 Å². The van der Waals surface area contributed by atoms with Crippen molar-refractivity contribution < 1.29 is 4.39 Å². The van der Waals surface area contributed by atoms with Gasteiger partial charge >= 0.3 is 0 Å². The van der Waals surface area contributed by atoms with Gasteiger partial charge in [0.1, 0.15) is 22.8 Å². The molecular weight excluding hydrogens is 493 g/mol. The second kappa shape index (κ2) is 8.40. The predicted octanol–water partition coefficient (Wildman–Crippen LogP) is 4.43. The largest absolute Gasteiger partial charge is 0.351 e. The van der Waals surface area contributed by atoms with Gasteiger partial charge < -0.3 is 4.90 Å². The Hall–Kier alpha value is -4.70. The van der Waals surface area contributed by atoms with Crippen LogP contribution in [-0.4, -0.2) is 71.9 Å². The summed E-state index contributed by atoms with van der Waals surface area (Å²) in [7, 11) is 2.20. The molecule has 6 aromatic rings. The number of likely N-dealkylation sites (tertiary alicyclic amines) is 1. The standard InChI is InChI=1S/C29H24FN9/c1-37-15-20-12-19(37)16-38(20)25-5-2-18(13-33-25)24-8-11-32-29-26(21-3-4-23(30)28-22(21)14-34-35-28)27(36-39(24)29)17-6-9-31-10-7-17/h2-11,13-14,19-20H,12,15-16H2,1H3,(H,34,35)/t19-,20-/m1/s1. The highest BCUT2D eigenvalue weighted by Gasteiger charge is 2.41. The van der Waals surface area contributed by atoms with Gasteiger partial charge in [0.2, 0.25) is 0 Å². The Bertz CT molecular complexity index is 1840. The lowest BCUT2D eigenvalue weighted by molar-refractivity contribution is 0.292. The fraction of sp³-hybridized carbons (Fsp3) is 0.207. The molecule has 0 saturated carbocycles. The van der Waals surface area contributed by atoms with Gasteiger partial charge in [0.05, 0.1) is 17.5 Å². The molecule has 5 aromatic heterocycles. The highest BCUT2D eigenvalue weighted by Crippen LogP contribution is 2.40. The second-order valence-electron chi connectivity index (χ2n) is 10.3. The average molecular weight is 518 g/mol. The molecule has 2 aliphatic rings. The SMILES string of the molecule is CN1C[C@H]2C[C@@H]1CN2c1ccc(-c2ccnc3c(-c4ccc(F)c5[nH]ncc45)c(-c4ccncc4)nn23)cn1. The minimum atomic E-state index is -0.356. The minimum Gasteiger partial charge on any atom is -0.351 e. The van der Waals surface area contributed by atoms with E-state index in [1.807, 2.05) is 28.9 Å². The van der Waals surface area contributed by atoms with Crippen LogP contribution in [0.4, 0.5) is 10.2 Å². The number of halogens is 1. The first-order chi connectivity index (χ1) is 19.2. The van der Waals surface area contributed by atoms with Crippen molar-refractivity contribution in [3.8, 4) is 33.6 Å². The summed E-state index contributed by atoms with van der Waals surface area (Å²) in [5, 5.41) is 12.6. The number of nitrogens with one attached hydrogen (secondary N) is 1. The Kier molecular flexibility index (Phi) is 4.80. The molecule has 1 aromatic carbocycles. The first-order valence-electron chi connectivity index (χ1n) is 13.0. The number of H-pyrrole nitrogens is 1. The van der Waals surface area contributed by atoms with Gasteiger partial charge in [-0.3, -0.25) is 15.0 Å². The third-order valence-electron chi connectivity index (χ3n) is 8.16. The number of anilines is 1. The van der Waals surface area contributed by atoms with Gasteiger partial charge in [-0.2, -0.15) is 10.2 Å². The quantitative estimate of drug-likeness (QED) is 0.370. The monoisotopic (exact) mass is 517 g/mol. The maximum absolute atomic E-state index is 14.5. The zero-order valence-electron chi connectivity index (χ0n) is 21.2. The van der Waals surface area contributed by atoms with Crippen LogP contribution >= 0.6 is 0 Å². The van der Waals surface area contributed by atoms with Crippen molar-refractivity contribution in [2.24, 2.45) is 0 Å². The summed E-state index contributed by atoms with van der Waals surface area (Å²) < 4.78 is 16.4. The molecule has 2 fully saturated rings. The van der Waals surface area contributed by atoms with Crippen molar-refractivity contribution in [3.63, 3.8) is 0 Å². The van der Waals surface area contributed by atoms with Crippen molar-refractivity contribution >= 4 is 22.4 Å². The van der Waals surface area contributed by atoms with Gasteiger partial charge in [0, 0.05) is 66.5 Å². The molecular formula is C29H24FN9. The summed E-state index contributed by atoms with van der Waals surface area (Å²) in [6.45, 7) is 2.10. The molecule has 2 atom stereocenters. The van der Waals surface area contributed by atoms with Crippen LogP contribution in [0, 0.1) is 5.82 Å². The number of likely N-dealkylation sites (N-methyl/N-ethyl adjacent to an activating group) is 1. The molecule has 1 N–H and O–H groups in total. The number of rotatable bonds is 4. The van der Waals surface area contributed by atoms with E-state index in [1.54, 1.807) is 30.9 Å². The molecule has 8 rings (SSSR count). The first kappa shape index (κ1) is 22.3. The Balaban J connectivity index is 1.29. The van der Waals surface area contributed by atoms with E-state index in [1.165, 1.54) is 12.5 Å². The predicted molar refractivity (Wildman–Crippen MR) is 147 cm³/mol. The van der Waals surface area contributed by atoms with E-state index >= 15 is 0 Å². The number of piperazine rings is 1. The van der Waals surface area contributed by atoms with Crippen LogP contribution in [0.2, 0.25) is 0 Å². The second-order valence-corrected chi connectivity index (χ2v) is 10.3. The summed E-state index contributed by atoms with van der Waals surface area (Å²) in [6.07, 6.45) is 10.0. The average Bonchev–Trinajstić information content (AvgIpc) is 3.77. The molecule has 9 nitrogen and oxygen atoms in total. The van der Waals surface area contributed by atoms with Crippen LogP contribution < -0.4 is 4.90 Å². The van der Waals surface area contributed by atoms with Gasteiger partial charge in [0.25, 0.3) is 0 Å². The summed E-state index contributed by atoms with van der Waals surface area (Å²) in [5.41, 5.74) is 6.05. The van der Waals surface area contributed by atoms with Crippen molar-refractivity contribution in [3.05, 3.63) is 79.3 Å². The number of pyridine rings is 2. The minimum absolute atomic E-state index is 0.352. The fourth-order valence-corrected chi connectivity index (χ4v) is 6.20. The summed E-state index contributed by atoms with van der Waals surface area (Å²) in [5.74, 6) is 0.655. The van der Waals surface area contributed by atoms with Crippen LogP contribution in [0.25, 0.3) is 50.2 Å². The van der Waals surface area contributed by atoms with Crippen LogP contribution in [0.5, 0.6) is 0 Å². The van der Waals surface area contributed by atoms with E-state index in [2.05, 4.69) is 44.2 Å². The number of hydrogen-bond donors (Lipinski definition) is 1. The molecule has 2 aliphatic heterocycles. The van der Waals surface area contributed by atoms with Crippen molar-refractivity contribution in [1.82, 2.24) is 39.7 Å². The molecule has 0 aliphatic carbocycles. The zero-order valence-corrected chi connectivity index (χ0v) is 21.2. The third kappa shape index (κ3) is 3.38. The maximum atomic E-state index is 14.5. The fourth-order valence-electron chi connectivity index (χ4n) is 6.20. The van der Waals surface area contributed by atoms with Crippen molar-refractivity contribution in [2.75, 3.05) is 25.0 Å². The molecule has 10 heteroatoms. The molecule has 2 saturated heterocycles. The van der Waals surface area contributed by atoms with Crippen molar-refractivity contribution in [1.29, 1.82) is 0 Å². The third-order valence-corrected chi connectivity index (χ3v) is 8.16. The molecule has 39 heavy (non-hydrogen) atoms. The molecule has 0 spiro atoms. The molecule has 192 valence electrons. The van der Waals surface area contributed by atoms with Crippen LogP contribution in [0.1, 0.15) is 6.42 Å². The van der Waals surface area contributed by atoms with E-state index in [-0.39, 0.29) is 5.82 Å². The van der Waals surface area contributed by atoms with Crippen LogP contribution in [0.3, 0.4) is 0 Å². The molecule has 0 radical (unpaired) electrons. The topological polar surface area (TPSA) is 91.1 Å². The Morgan fingerprint density at radius 3 is 2.56 bits per heavy atom. The molecule has 0 amide bonds. The molecule has 7 heterocycles. The lowest BCUT2D eigenvalue weighted by Gasteiger charge is -2.32. The Morgan fingerprint density at radius 1 is 0.897 bits per heavy atom. The number of benzene rings is 1. The smallest absolute Gasteiger partial charge is 0.164 e. The van der Waals surface area contributed by atoms with Gasteiger partial charge in [-0.25, -0.2) is 18.9 Å². The van der Waals surface area contributed by atoms with Crippen LogP contribution in [-0.2, 0) is 0 Å². The number of fused-ring (bicyclic) bond motifs is 4. The van der Waals surface area contributed by atoms with E-state index < -0.39 is 0 Å². The van der Waals surface area contributed by atoms with Gasteiger partial charge in [-0.1, -0.05) is 6.07 Å². The van der Waals surface area contributed by atoms with Gasteiger partial charge in [-0.15, -0.1) is 0 Å². The van der Waals surface area contributed by atoms with E-state index in [9.17, 15) is 4.39 Å². The summed E-state index contributed by atoms with van der Waals surface area (Å²) >= 11 is 0. The van der Waals surface area contributed by atoms with Gasteiger partial charge in [0.15, 0.2) is 5.65 Å². The summed E-state index contributed by atoms with van der Waals surface area (Å²) in [6, 6.07) is 14.3. The normalized spacial score (nSPS) is 19.1. The lowest BCUT2D eigenvalue weighted by atomic mass is 9.98. The Labute approximate surface area is 223 Å². The maximum Gasteiger partial charge on any atom is 0.164 e. The highest BCUT2D eigenvalue weighted by atomic mass is 19.1. The van der Waals surface area contributed by atoms with E-state index in [4.69, 9.17) is 15.1 Å². The number of aromatic nitrogens is 7. The lowest BCUT2D eigenvalue weighted by Crippen LogP contribution is -2.44. The number of nitrogens with zero attached hydrogens (tertiary/aromatic N) is 8. The Morgan fingerprint density at radius 2 is 1.79 bits per heavy atom. The number of hydrogen-bond acceptors (Lipinski definition) is 7. The van der Waals surface area contributed by atoms with E-state index in [0.29, 0.717) is 28.6 Å². The number of aromatic amines is 1.